The minimum Gasteiger partial charge on any atom is -0.257 e. The number of hydrogen-bond donors (Lipinski definition) is 0. The van der Waals surface area contributed by atoms with E-state index in [2.05, 4.69) is 11.1 Å². The van der Waals surface area contributed by atoms with Crippen molar-refractivity contribution in [3.63, 3.8) is 0 Å². The largest absolute Gasteiger partial charge is 0.257 e. The second-order valence-electron chi connectivity index (χ2n) is 6.86. The van der Waals surface area contributed by atoms with Gasteiger partial charge in [-0.05, 0) is 55.7 Å². The first-order valence-corrected chi connectivity index (χ1v) is 8.64. The zero-order chi connectivity index (χ0) is 15.4. The van der Waals surface area contributed by atoms with Crippen LogP contribution in [-0.2, 0) is 0 Å². The van der Waals surface area contributed by atoms with Crippen LogP contribution in [0, 0.1) is 11.8 Å². The van der Waals surface area contributed by atoms with E-state index >= 15 is 0 Å². The predicted octanol–water partition coefficient (Wildman–Crippen LogP) is 5.87. The normalized spacial score (nSPS) is 24.4. The standard InChI is InChI=1S/C19H25F2N/c20-19(21)11-9-16(10-12-19)18(15-6-2-1-3-7-15)14-17-8-4-5-13-22-17/h4-5,8,13-16H,1-3,6-7,9-12H2. The number of hydrogen-bond acceptors (Lipinski definition) is 1. The molecule has 2 aliphatic carbocycles. The molecule has 0 saturated heterocycles. The lowest BCUT2D eigenvalue weighted by atomic mass is 9.72. The highest BCUT2D eigenvalue weighted by Crippen LogP contribution is 2.44. The Bertz CT molecular complexity index is 493. The van der Waals surface area contributed by atoms with Crippen LogP contribution < -0.4 is 0 Å². The summed E-state index contributed by atoms with van der Waals surface area (Å²) in [4.78, 5) is 4.41. The van der Waals surface area contributed by atoms with Crippen LogP contribution in [0.1, 0.15) is 63.5 Å². The van der Waals surface area contributed by atoms with Gasteiger partial charge in [0.2, 0.25) is 5.92 Å². The Morgan fingerprint density at radius 1 is 1.00 bits per heavy atom. The van der Waals surface area contributed by atoms with E-state index in [0.29, 0.717) is 24.7 Å². The molecule has 0 N–H and O–H groups in total. The molecule has 22 heavy (non-hydrogen) atoms. The molecule has 1 heterocycles. The third-order valence-electron chi connectivity index (χ3n) is 5.27. The number of allylic oxidation sites excluding steroid dienone is 1. The van der Waals surface area contributed by atoms with Crippen molar-refractivity contribution < 1.29 is 8.78 Å². The summed E-state index contributed by atoms with van der Waals surface area (Å²) in [5, 5.41) is 0. The lowest BCUT2D eigenvalue weighted by Crippen LogP contribution is -2.27. The molecule has 0 aliphatic heterocycles. The van der Waals surface area contributed by atoms with Gasteiger partial charge >= 0.3 is 0 Å². The van der Waals surface area contributed by atoms with Crippen molar-refractivity contribution >= 4 is 6.08 Å². The van der Waals surface area contributed by atoms with Gasteiger partial charge in [-0.15, -0.1) is 0 Å². The van der Waals surface area contributed by atoms with Gasteiger partial charge < -0.3 is 0 Å². The number of pyridine rings is 1. The van der Waals surface area contributed by atoms with E-state index in [4.69, 9.17) is 0 Å². The molecule has 1 aromatic heterocycles. The second-order valence-corrected chi connectivity index (χ2v) is 6.86. The molecule has 2 aliphatic rings. The summed E-state index contributed by atoms with van der Waals surface area (Å²) < 4.78 is 27.0. The SMILES string of the molecule is FC1(F)CCC(C(=Cc2ccccn2)C2CCCCC2)CC1. The van der Waals surface area contributed by atoms with E-state index in [9.17, 15) is 8.78 Å². The molecule has 0 bridgehead atoms. The summed E-state index contributed by atoms with van der Waals surface area (Å²) in [6.45, 7) is 0. The molecule has 1 aromatic rings. The first-order valence-electron chi connectivity index (χ1n) is 8.64. The summed E-state index contributed by atoms with van der Waals surface area (Å²) in [6, 6.07) is 5.92. The van der Waals surface area contributed by atoms with Crippen molar-refractivity contribution in [2.75, 3.05) is 0 Å². The van der Waals surface area contributed by atoms with Crippen molar-refractivity contribution in [1.29, 1.82) is 0 Å². The second kappa shape index (κ2) is 6.89. The van der Waals surface area contributed by atoms with Gasteiger partial charge in [-0.2, -0.15) is 0 Å². The van der Waals surface area contributed by atoms with Crippen molar-refractivity contribution in [2.45, 2.75) is 63.7 Å². The number of rotatable bonds is 3. The molecule has 3 rings (SSSR count). The van der Waals surface area contributed by atoms with Crippen LogP contribution in [0.4, 0.5) is 8.78 Å². The van der Waals surface area contributed by atoms with Gasteiger partial charge in [0.1, 0.15) is 0 Å². The molecule has 0 radical (unpaired) electrons. The summed E-state index contributed by atoms with van der Waals surface area (Å²) in [7, 11) is 0. The van der Waals surface area contributed by atoms with Crippen molar-refractivity contribution in [1.82, 2.24) is 4.98 Å². The molecule has 0 atom stereocenters. The van der Waals surface area contributed by atoms with Crippen LogP contribution in [0.15, 0.2) is 30.0 Å². The Balaban J connectivity index is 1.81. The van der Waals surface area contributed by atoms with Crippen LogP contribution >= 0.6 is 0 Å². The van der Waals surface area contributed by atoms with Gasteiger partial charge in [-0.3, -0.25) is 4.98 Å². The average molecular weight is 305 g/mol. The van der Waals surface area contributed by atoms with E-state index in [1.807, 2.05) is 18.2 Å². The maximum absolute atomic E-state index is 13.5. The monoisotopic (exact) mass is 305 g/mol. The Hall–Kier alpha value is -1.25. The Labute approximate surface area is 131 Å². The lowest BCUT2D eigenvalue weighted by Gasteiger charge is -2.35. The minimum atomic E-state index is -2.45. The summed E-state index contributed by atoms with van der Waals surface area (Å²) in [6.07, 6.45) is 11.6. The van der Waals surface area contributed by atoms with E-state index in [1.165, 1.54) is 37.7 Å². The van der Waals surface area contributed by atoms with Crippen LogP contribution in [-0.4, -0.2) is 10.9 Å². The van der Waals surface area contributed by atoms with Gasteiger partial charge in [0.15, 0.2) is 0 Å². The summed E-state index contributed by atoms with van der Waals surface area (Å²) >= 11 is 0. The molecule has 0 amide bonds. The Morgan fingerprint density at radius 2 is 1.68 bits per heavy atom. The number of halogens is 2. The molecule has 0 aromatic carbocycles. The molecule has 0 unspecified atom stereocenters. The van der Waals surface area contributed by atoms with Crippen molar-refractivity contribution in [3.05, 3.63) is 35.7 Å². The number of aromatic nitrogens is 1. The van der Waals surface area contributed by atoms with Gasteiger partial charge in [0.25, 0.3) is 0 Å². The predicted molar refractivity (Wildman–Crippen MR) is 85.7 cm³/mol. The van der Waals surface area contributed by atoms with E-state index in [-0.39, 0.29) is 12.8 Å². The highest BCUT2D eigenvalue weighted by atomic mass is 19.3. The van der Waals surface area contributed by atoms with Crippen LogP contribution in [0.3, 0.4) is 0 Å². The van der Waals surface area contributed by atoms with Crippen molar-refractivity contribution in [2.24, 2.45) is 11.8 Å². The lowest BCUT2D eigenvalue weighted by molar-refractivity contribution is -0.0429. The minimum absolute atomic E-state index is 0.0456. The third kappa shape index (κ3) is 3.93. The van der Waals surface area contributed by atoms with Crippen LogP contribution in [0.2, 0.25) is 0 Å². The third-order valence-corrected chi connectivity index (χ3v) is 5.27. The molecule has 2 fully saturated rings. The summed E-state index contributed by atoms with van der Waals surface area (Å²) in [5.41, 5.74) is 2.37. The quantitative estimate of drug-likeness (QED) is 0.680. The first-order chi connectivity index (χ1) is 10.6. The average Bonchev–Trinajstić information content (AvgIpc) is 2.55. The number of nitrogens with zero attached hydrogens (tertiary/aromatic N) is 1. The Kier molecular flexibility index (Phi) is 4.90. The van der Waals surface area contributed by atoms with Crippen LogP contribution in [0.5, 0.6) is 0 Å². The maximum Gasteiger partial charge on any atom is 0.248 e. The van der Waals surface area contributed by atoms with Gasteiger partial charge in [0, 0.05) is 19.0 Å². The van der Waals surface area contributed by atoms with Gasteiger partial charge in [-0.25, -0.2) is 8.78 Å². The molecule has 120 valence electrons. The molecule has 2 saturated carbocycles. The topological polar surface area (TPSA) is 12.9 Å². The zero-order valence-corrected chi connectivity index (χ0v) is 13.1. The fourth-order valence-corrected chi connectivity index (χ4v) is 4.01. The molecular weight excluding hydrogens is 280 g/mol. The highest BCUT2D eigenvalue weighted by molar-refractivity contribution is 5.50. The molecule has 1 nitrogen and oxygen atoms in total. The maximum atomic E-state index is 13.5. The fourth-order valence-electron chi connectivity index (χ4n) is 4.01. The van der Waals surface area contributed by atoms with Crippen LogP contribution in [0.25, 0.3) is 6.08 Å². The van der Waals surface area contributed by atoms with E-state index in [1.54, 1.807) is 6.20 Å². The summed E-state index contributed by atoms with van der Waals surface area (Å²) in [5.74, 6) is -1.55. The van der Waals surface area contributed by atoms with Crippen molar-refractivity contribution in [3.8, 4) is 0 Å². The van der Waals surface area contributed by atoms with E-state index in [0.717, 1.165) is 5.69 Å². The molecular formula is C19H25F2N. The zero-order valence-electron chi connectivity index (χ0n) is 13.1. The smallest absolute Gasteiger partial charge is 0.248 e. The van der Waals surface area contributed by atoms with Gasteiger partial charge in [0.05, 0.1) is 5.69 Å². The molecule has 0 spiro atoms. The fraction of sp³-hybridized carbons (Fsp3) is 0.632. The van der Waals surface area contributed by atoms with Gasteiger partial charge in [-0.1, -0.05) is 30.9 Å². The van der Waals surface area contributed by atoms with E-state index < -0.39 is 5.92 Å². The Morgan fingerprint density at radius 3 is 2.32 bits per heavy atom. The number of alkyl halides is 2. The first kappa shape index (κ1) is 15.6. The highest BCUT2D eigenvalue weighted by Gasteiger charge is 2.37. The molecule has 3 heteroatoms.